The number of furan rings is 2. The second-order valence-corrected chi connectivity index (χ2v) is 11.2. The molecular weight excluding hydrogens is 628 g/mol. The molecule has 14 heteroatoms. The van der Waals surface area contributed by atoms with Gasteiger partial charge < -0.3 is 39.2 Å². The average Bonchev–Trinajstić information content (AvgIpc) is 3.89. The Hall–Kier alpha value is -6.70. The second kappa shape index (κ2) is 12.8. The summed E-state index contributed by atoms with van der Waals surface area (Å²) in [4.78, 5) is 17.0. The lowest BCUT2D eigenvalue weighted by Gasteiger charge is -2.03. The molecule has 0 aliphatic carbocycles. The van der Waals surface area contributed by atoms with Crippen LogP contribution in [0.2, 0.25) is 0 Å². The summed E-state index contributed by atoms with van der Waals surface area (Å²) in [6.45, 7) is 3.71. The third-order valence-electron chi connectivity index (χ3n) is 7.54. The molecule has 0 saturated carbocycles. The van der Waals surface area contributed by atoms with E-state index in [1.165, 1.54) is 0 Å². The summed E-state index contributed by atoms with van der Waals surface area (Å²) in [5.41, 5.74) is 17.9. The first-order valence-corrected chi connectivity index (χ1v) is 15.1. The number of aryl methyl sites for hydroxylation is 2. The normalized spacial score (nSPS) is 11.2. The van der Waals surface area contributed by atoms with Gasteiger partial charge in [0.1, 0.15) is 45.4 Å². The molecule has 8 rings (SSSR count). The minimum atomic E-state index is 0.118. The Labute approximate surface area is 278 Å². The summed E-state index contributed by atoms with van der Waals surface area (Å²) in [6, 6.07) is 22.0. The van der Waals surface area contributed by atoms with Gasteiger partial charge in [0.05, 0.1) is 7.11 Å². The summed E-state index contributed by atoms with van der Waals surface area (Å²) >= 11 is 0. The number of nitrogens with zero attached hydrogens (tertiary/aromatic N) is 6. The molecule has 49 heavy (non-hydrogen) atoms. The van der Waals surface area contributed by atoms with E-state index in [1.807, 2.05) is 62.4 Å². The van der Waals surface area contributed by atoms with Gasteiger partial charge in [-0.2, -0.15) is 0 Å². The monoisotopic (exact) mass is 658 g/mol. The molecule has 8 aromatic rings. The number of hydrogen-bond donors (Lipinski definition) is 3. The molecule has 0 unspecified atom stereocenters. The molecule has 0 bridgehead atoms. The van der Waals surface area contributed by atoms with Crippen LogP contribution in [0.25, 0.3) is 45.1 Å². The van der Waals surface area contributed by atoms with Crippen molar-refractivity contribution in [3.8, 4) is 34.4 Å². The van der Waals surface area contributed by atoms with Gasteiger partial charge in [-0.15, -0.1) is 0 Å². The van der Waals surface area contributed by atoms with E-state index in [4.69, 9.17) is 34.1 Å². The van der Waals surface area contributed by atoms with Gasteiger partial charge >= 0.3 is 0 Å². The number of benzene rings is 2. The molecule has 2 aromatic carbocycles. The largest absolute Gasteiger partial charge is 0.508 e. The molecule has 0 radical (unpaired) electrons. The fourth-order valence-corrected chi connectivity index (χ4v) is 5.31. The maximum atomic E-state index is 9.59. The predicted octanol–water partition coefficient (Wildman–Crippen LogP) is 6.43. The fourth-order valence-electron chi connectivity index (χ4n) is 5.31. The van der Waals surface area contributed by atoms with Crippen molar-refractivity contribution in [1.29, 1.82) is 0 Å². The van der Waals surface area contributed by atoms with Crippen molar-refractivity contribution in [1.82, 2.24) is 30.2 Å². The predicted molar refractivity (Wildman–Crippen MR) is 180 cm³/mol. The number of methoxy groups -OCH3 is 1. The van der Waals surface area contributed by atoms with E-state index in [0.29, 0.717) is 69.3 Å². The zero-order valence-corrected chi connectivity index (χ0v) is 26.7. The minimum Gasteiger partial charge on any atom is -0.508 e. The second-order valence-electron chi connectivity index (χ2n) is 11.2. The number of aromatic hydroxyl groups is 1. The van der Waals surface area contributed by atoms with E-state index in [2.05, 4.69) is 30.2 Å². The van der Waals surface area contributed by atoms with Gasteiger partial charge in [-0.3, -0.25) is 0 Å². The van der Waals surface area contributed by atoms with Crippen molar-refractivity contribution in [2.24, 2.45) is 0 Å². The zero-order chi connectivity index (χ0) is 34.1. The van der Waals surface area contributed by atoms with Gasteiger partial charge in [0.15, 0.2) is 22.9 Å². The Balaban J connectivity index is 0.000000154. The molecule has 0 saturated heterocycles. The smallest absolute Gasteiger partial charge is 0.221 e. The molecule has 0 amide bonds. The number of anilines is 2. The van der Waals surface area contributed by atoms with Gasteiger partial charge in [0, 0.05) is 12.8 Å². The fraction of sp³-hybridized carbons (Fsp3) is 0.143. The summed E-state index contributed by atoms with van der Waals surface area (Å²) in [5, 5.41) is 17.9. The van der Waals surface area contributed by atoms with Crippen LogP contribution < -0.4 is 16.2 Å². The van der Waals surface area contributed by atoms with Crippen molar-refractivity contribution < 1.29 is 27.7 Å². The molecular formula is C35H30N8O6. The van der Waals surface area contributed by atoms with Crippen molar-refractivity contribution in [3.05, 3.63) is 107 Å². The Morgan fingerprint density at radius 2 is 1.16 bits per heavy atom. The lowest BCUT2D eigenvalue weighted by molar-refractivity contribution is 0.414. The average molecular weight is 659 g/mol. The lowest BCUT2D eigenvalue weighted by atomic mass is 10.1. The first-order valence-electron chi connectivity index (χ1n) is 15.1. The molecule has 0 atom stereocenters. The number of phenolic OH excluding ortho intramolecular Hbond substituents is 1. The van der Waals surface area contributed by atoms with Gasteiger partial charge in [-0.1, -0.05) is 34.6 Å². The topological polar surface area (TPSA) is 211 Å². The van der Waals surface area contributed by atoms with Crippen molar-refractivity contribution in [2.45, 2.75) is 26.7 Å². The number of fused-ring (bicyclic) bond motifs is 2. The number of nitrogen functional groups attached to an aromatic ring is 2. The van der Waals surface area contributed by atoms with E-state index in [0.717, 1.165) is 28.4 Å². The highest BCUT2D eigenvalue weighted by molar-refractivity contribution is 5.89. The first-order chi connectivity index (χ1) is 23.7. The van der Waals surface area contributed by atoms with Crippen molar-refractivity contribution in [3.63, 3.8) is 0 Å². The van der Waals surface area contributed by atoms with Crippen LogP contribution >= 0.6 is 0 Å². The SMILES string of the molecule is COc1cccc(Cc2noc3c(-c4ccc(C)o4)nc(N)nc23)c1.Cc1ccc(-c2nc(N)nc3c(Cc4cccc(O)c4)noc23)o1. The van der Waals surface area contributed by atoms with E-state index >= 15 is 0 Å². The highest BCUT2D eigenvalue weighted by Crippen LogP contribution is 2.32. The van der Waals surface area contributed by atoms with E-state index in [-0.39, 0.29) is 17.6 Å². The number of phenols is 1. The molecule has 5 N–H and O–H groups in total. The molecule has 14 nitrogen and oxygen atoms in total. The highest BCUT2D eigenvalue weighted by Gasteiger charge is 2.21. The summed E-state index contributed by atoms with van der Waals surface area (Å²) in [7, 11) is 1.64. The number of ether oxygens (including phenoxy) is 1. The minimum absolute atomic E-state index is 0.118. The molecule has 246 valence electrons. The molecule has 6 heterocycles. The molecule has 6 aromatic heterocycles. The standard InChI is InChI=1S/C18H16N4O3.C17H14N4O3/c1-10-6-7-14(24-10)16-17-15(20-18(19)21-16)13(22-25-17)9-11-4-3-5-12(8-11)23-2;1-9-5-6-13(23-9)15-16-14(19-17(18)20-15)12(21-24-16)8-10-3-2-4-11(22)7-10/h3-8H,9H2,1-2H3,(H2,19,20,21);2-7,22H,8H2,1H3,(H2,18,19,20). The molecule has 0 aliphatic heterocycles. The number of nitrogens with two attached hydrogens (primary N) is 2. The maximum absolute atomic E-state index is 9.59. The Morgan fingerprint density at radius 3 is 1.63 bits per heavy atom. The van der Waals surface area contributed by atoms with E-state index < -0.39 is 0 Å². The van der Waals surface area contributed by atoms with Gasteiger partial charge in [0.2, 0.25) is 23.1 Å². The van der Waals surface area contributed by atoms with Gasteiger partial charge in [0.25, 0.3) is 0 Å². The summed E-state index contributed by atoms with van der Waals surface area (Å²) < 4.78 is 27.5. The number of hydrogen-bond acceptors (Lipinski definition) is 14. The number of rotatable bonds is 7. The Bertz CT molecular complexity index is 2420. The van der Waals surface area contributed by atoms with Crippen LogP contribution in [0.1, 0.15) is 34.0 Å². The van der Waals surface area contributed by atoms with Crippen LogP contribution in [0.3, 0.4) is 0 Å². The van der Waals surface area contributed by atoms with Crippen LogP contribution in [-0.4, -0.2) is 42.5 Å². The molecule has 0 fully saturated rings. The lowest BCUT2D eigenvalue weighted by Crippen LogP contribution is -1.98. The van der Waals surface area contributed by atoms with E-state index in [1.54, 1.807) is 31.4 Å². The van der Waals surface area contributed by atoms with Crippen LogP contribution in [0.5, 0.6) is 11.5 Å². The number of aromatic nitrogens is 6. The highest BCUT2D eigenvalue weighted by atomic mass is 16.5. The maximum Gasteiger partial charge on any atom is 0.221 e. The third kappa shape index (κ3) is 6.47. The van der Waals surface area contributed by atoms with Crippen LogP contribution in [-0.2, 0) is 12.8 Å². The van der Waals surface area contributed by atoms with Crippen molar-refractivity contribution >= 4 is 34.1 Å². The van der Waals surface area contributed by atoms with Gasteiger partial charge in [-0.25, -0.2) is 19.9 Å². The summed E-state index contributed by atoms with van der Waals surface area (Å²) in [6.07, 6.45) is 0.992. The Kier molecular flexibility index (Phi) is 8.10. The quantitative estimate of drug-likeness (QED) is 0.168. The van der Waals surface area contributed by atoms with Crippen molar-refractivity contribution in [2.75, 3.05) is 18.6 Å². The van der Waals surface area contributed by atoms with Gasteiger partial charge in [-0.05, 0) is 73.5 Å². The molecule has 0 spiro atoms. The van der Waals surface area contributed by atoms with Crippen LogP contribution in [0.4, 0.5) is 11.9 Å². The zero-order valence-electron chi connectivity index (χ0n) is 26.7. The third-order valence-corrected chi connectivity index (χ3v) is 7.54. The Morgan fingerprint density at radius 1 is 0.653 bits per heavy atom. The molecule has 0 aliphatic rings. The van der Waals surface area contributed by atoms with Crippen LogP contribution in [0, 0.1) is 13.8 Å². The summed E-state index contributed by atoms with van der Waals surface area (Å²) in [5.74, 6) is 3.89. The first kappa shape index (κ1) is 30.9. The van der Waals surface area contributed by atoms with E-state index in [9.17, 15) is 5.11 Å². The van der Waals surface area contributed by atoms with Crippen LogP contribution in [0.15, 0.2) is 90.7 Å².